The molecule has 2 aromatic heterocycles. The first-order valence-electron chi connectivity index (χ1n) is 8.18. The molecule has 0 spiro atoms. The minimum atomic E-state index is 0.987. The van der Waals surface area contributed by atoms with E-state index in [-0.39, 0.29) is 0 Å². The quantitative estimate of drug-likeness (QED) is 0.628. The van der Waals surface area contributed by atoms with Crippen LogP contribution in [0.4, 0.5) is 0 Å². The molecule has 1 N–H and O–H groups in total. The Labute approximate surface area is 141 Å². The number of rotatable bonds is 3. The van der Waals surface area contributed by atoms with Gasteiger partial charge in [-0.3, -0.25) is 0 Å². The molecule has 2 heterocycles. The van der Waals surface area contributed by atoms with Crippen LogP contribution >= 0.6 is 11.8 Å². The molecular formula is C20H20N2S. The van der Waals surface area contributed by atoms with Gasteiger partial charge in [0, 0.05) is 33.3 Å². The van der Waals surface area contributed by atoms with Crippen molar-refractivity contribution in [1.82, 2.24) is 9.97 Å². The lowest BCUT2D eigenvalue weighted by molar-refractivity contribution is 0.807. The highest BCUT2D eigenvalue weighted by Gasteiger charge is 2.19. The van der Waals surface area contributed by atoms with Gasteiger partial charge < -0.3 is 4.98 Å². The first kappa shape index (κ1) is 14.6. The summed E-state index contributed by atoms with van der Waals surface area (Å²) in [5.41, 5.74) is 7.24. The fraction of sp³-hybridized carbons (Fsp3) is 0.250. The van der Waals surface area contributed by atoms with Crippen molar-refractivity contribution in [3.8, 4) is 11.1 Å². The summed E-state index contributed by atoms with van der Waals surface area (Å²) < 4.78 is 0. The van der Waals surface area contributed by atoms with E-state index in [0.717, 1.165) is 24.2 Å². The van der Waals surface area contributed by atoms with Crippen LogP contribution < -0.4 is 0 Å². The van der Waals surface area contributed by atoms with Crippen molar-refractivity contribution in [2.24, 2.45) is 0 Å². The molecule has 0 radical (unpaired) electrons. The molecule has 0 aliphatic heterocycles. The molecule has 1 aliphatic carbocycles. The number of allylic oxidation sites excluding steroid dienone is 1. The molecular weight excluding hydrogens is 300 g/mol. The summed E-state index contributed by atoms with van der Waals surface area (Å²) in [6.45, 7) is 6.45. The van der Waals surface area contributed by atoms with Crippen LogP contribution in [-0.2, 0) is 6.42 Å². The molecule has 4 rings (SSSR count). The van der Waals surface area contributed by atoms with E-state index in [2.05, 4.69) is 53.8 Å². The molecule has 3 heteroatoms. The molecule has 0 saturated carbocycles. The first-order valence-corrected chi connectivity index (χ1v) is 9.17. The number of hydrogen-bond donors (Lipinski definition) is 1. The smallest absolute Gasteiger partial charge is 0.138 e. The fourth-order valence-corrected chi connectivity index (χ4v) is 4.13. The normalized spacial score (nSPS) is 14.2. The van der Waals surface area contributed by atoms with Crippen LogP contribution in [-0.4, -0.2) is 15.7 Å². The maximum Gasteiger partial charge on any atom is 0.138 e. The third-order valence-corrected chi connectivity index (χ3v) is 5.34. The number of pyridine rings is 1. The van der Waals surface area contributed by atoms with Crippen LogP contribution in [0, 0.1) is 0 Å². The molecule has 0 saturated heterocycles. The number of nitrogens with one attached hydrogen (secondary N) is 1. The van der Waals surface area contributed by atoms with E-state index in [1.165, 1.54) is 44.7 Å². The Balaban J connectivity index is 1.84. The van der Waals surface area contributed by atoms with E-state index in [1.54, 1.807) is 0 Å². The van der Waals surface area contributed by atoms with Gasteiger partial charge in [-0.2, -0.15) is 0 Å². The molecule has 0 amide bonds. The van der Waals surface area contributed by atoms with Gasteiger partial charge in [-0.05, 0) is 54.4 Å². The fourth-order valence-electron chi connectivity index (χ4n) is 3.41. The molecule has 3 aromatic rings. The van der Waals surface area contributed by atoms with Gasteiger partial charge in [0.1, 0.15) is 5.65 Å². The van der Waals surface area contributed by atoms with Crippen LogP contribution in [0.15, 0.2) is 48.0 Å². The maximum atomic E-state index is 4.67. The second kappa shape index (κ2) is 5.89. The SMILES string of the molecule is C=C1CCCc2[nH]c3ncc(-c4cccc(SCC)c4)cc3c21. The van der Waals surface area contributed by atoms with Crippen LogP contribution in [0.5, 0.6) is 0 Å². The van der Waals surface area contributed by atoms with Crippen LogP contribution in [0.1, 0.15) is 31.0 Å². The van der Waals surface area contributed by atoms with Crippen molar-refractivity contribution >= 4 is 28.4 Å². The van der Waals surface area contributed by atoms with Gasteiger partial charge in [0.2, 0.25) is 0 Å². The van der Waals surface area contributed by atoms with Crippen molar-refractivity contribution in [3.05, 3.63) is 54.4 Å². The third-order valence-electron chi connectivity index (χ3n) is 4.47. The van der Waals surface area contributed by atoms with Gasteiger partial charge in [0.05, 0.1) is 0 Å². The van der Waals surface area contributed by atoms with Gasteiger partial charge >= 0.3 is 0 Å². The summed E-state index contributed by atoms with van der Waals surface area (Å²) in [5, 5.41) is 1.22. The van der Waals surface area contributed by atoms with Gasteiger partial charge in [-0.1, -0.05) is 25.6 Å². The lowest BCUT2D eigenvalue weighted by Crippen LogP contribution is -1.98. The molecule has 2 nitrogen and oxygen atoms in total. The molecule has 23 heavy (non-hydrogen) atoms. The second-order valence-corrected chi connectivity index (χ2v) is 7.35. The van der Waals surface area contributed by atoms with Crippen molar-refractivity contribution in [3.63, 3.8) is 0 Å². The minimum Gasteiger partial charge on any atom is -0.343 e. The van der Waals surface area contributed by atoms with E-state index in [1.807, 2.05) is 18.0 Å². The third kappa shape index (κ3) is 2.59. The van der Waals surface area contributed by atoms with E-state index in [9.17, 15) is 0 Å². The largest absolute Gasteiger partial charge is 0.343 e. The predicted molar refractivity (Wildman–Crippen MR) is 99.9 cm³/mol. The van der Waals surface area contributed by atoms with Crippen molar-refractivity contribution in [1.29, 1.82) is 0 Å². The topological polar surface area (TPSA) is 28.7 Å². The summed E-state index contributed by atoms with van der Waals surface area (Å²) in [4.78, 5) is 9.46. The van der Waals surface area contributed by atoms with Crippen LogP contribution in [0.2, 0.25) is 0 Å². The maximum absolute atomic E-state index is 4.67. The summed E-state index contributed by atoms with van der Waals surface area (Å²) in [5.74, 6) is 1.09. The Hall–Kier alpha value is -2.00. The van der Waals surface area contributed by atoms with Crippen molar-refractivity contribution in [2.75, 3.05) is 5.75 Å². The zero-order valence-electron chi connectivity index (χ0n) is 13.4. The second-order valence-electron chi connectivity index (χ2n) is 6.02. The van der Waals surface area contributed by atoms with Crippen molar-refractivity contribution < 1.29 is 0 Å². The van der Waals surface area contributed by atoms with Crippen LogP contribution in [0.3, 0.4) is 0 Å². The molecule has 1 aliphatic rings. The zero-order chi connectivity index (χ0) is 15.8. The van der Waals surface area contributed by atoms with E-state index in [4.69, 9.17) is 0 Å². The number of benzene rings is 1. The molecule has 0 bridgehead atoms. The van der Waals surface area contributed by atoms with Gasteiger partial charge in [-0.15, -0.1) is 11.8 Å². The Morgan fingerprint density at radius 2 is 2.13 bits per heavy atom. The molecule has 0 unspecified atom stereocenters. The molecule has 116 valence electrons. The predicted octanol–water partition coefficient (Wildman–Crippen LogP) is 5.69. The van der Waals surface area contributed by atoms with E-state index in [0.29, 0.717) is 0 Å². The number of nitrogens with zero attached hydrogens (tertiary/aromatic N) is 1. The highest BCUT2D eigenvalue weighted by atomic mass is 32.2. The zero-order valence-corrected chi connectivity index (χ0v) is 14.2. The van der Waals surface area contributed by atoms with E-state index < -0.39 is 0 Å². The number of H-pyrrole nitrogens is 1. The number of aryl methyl sites for hydroxylation is 1. The number of hydrogen-bond acceptors (Lipinski definition) is 2. The van der Waals surface area contributed by atoms with Gasteiger partial charge in [0.15, 0.2) is 0 Å². The number of thioether (sulfide) groups is 1. The Kier molecular flexibility index (Phi) is 3.74. The lowest BCUT2D eigenvalue weighted by atomic mass is 9.91. The monoisotopic (exact) mass is 320 g/mol. The Morgan fingerprint density at radius 3 is 3.00 bits per heavy atom. The van der Waals surface area contributed by atoms with E-state index >= 15 is 0 Å². The summed E-state index contributed by atoms with van der Waals surface area (Å²) in [6.07, 6.45) is 5.35. The molecule has 0 fully saturated rings. The Morgan fingerprint density at radius 1 is 1.22 bits per heavy atom. The lowest BCUT2D eigenvalue weighted by Gasteiger charge is -2.13. The molecule has 0 atom stereocenters. The minimum absolute atomic E-state index is 0.987. The number of aromatic amines is 1. The standard InChI is InChI=1S/C20H20N2S/c1-3-23-16-8-5-7-14(10-16)15-11-17-19-13(2)6-4-9-18(19)22-20(17)21-12-15/h5,7-8,10-12H,2-4,6,9H2,1H3,(H,21,22). The summed E-state index contributed by atoms with van der Waals surface area (Å²) >= 11 is 1.87. The summed E-state index contributed by atoms with van der Waals surface area (Å²) in [7, 11) is 0. The Bertz CT molecular complexity index is 892. The molecule has 1 aromatic carbocycles. The van der Waals surface area contributed by atoms with Gasteiger partial charge in [0.25, 0.3) is 0 Å². The van der Waals surface area contributed by atoms with Gasteiger partial charge in [-0.25, -0.2) is 4.98 Å². The highest BCUT2D eigenvalue weighted by Crippen LogP contribution is 2.36. The average Bonchev–Trinajstić information content (AvgIpc) is 2.94. The highest BCUT2D eigenvalue weighted by molar-refractivity contribution is 7.99. The number of fused-ring (bicyclic) bond motifs is 3. The number of aromatic nitrogens is 2. The first-order chi connectivity index (χ1) is 11.3. The van der Waals surface area contributed by atoms with Crippen LogP contribution in [0.25, 0.3) is 27.7 Å². The summed E-state index contributed by atoms with van der Waals surface area (Å²) in [6, 6.07) is 11.0. The average molecular weight is 320 g/mol. The van der Waals surface area contributed by atoms with Crippen molar-refractivity contribution in [2.45, 2.75) is 31.1 Å².